The fraction of sp³-hybridized carbons (Fsp3) is 0.167. The van der Waals surface area contributed by atoms with Crippen molar-refractivity contribution < 1.29 is 23.0 Å². The molecule has 1 aromatic carbocycles. The van der Waals surface area contributed by atoms with Crippen LogP contribution in [0.1, 0.15) is 5.69 Å². The maximum absolute atomic E-state index is 12.5. The number of hydrogen-bond donors (Lipinski definition) is 1. The van der Waals surface area contributed by atoms with Crippen LogP contribution in [0, 0.1) is 0 Å². The molecule has 0 saturated carbocycles. The predicted molar refractivity (Wildman–Crippen MR) is 97.3 cm³/mol. The van der Waals surface area contributed by atoms with Crippen molar-refractivity contribution in [3.05, 3.63) is 53.7 Å². The Labute approximate surface area is 157 Å². The van der Waals surface area contributed by atoms with Gasteiger partial charge in [0.25, 0.3) is 0 Å². The standard InChI is InChI=1S/C18H15F2N3O3S/c1-25-14-6-5-11(8-15(14)26-18(19)20)22-16(24)9-12-10-27-17(23-12)13-4-2-3-7-21-13/h2-8,10,18H,9H2,1H3,(H,22,24). The van der Waals surface area contributed by atoms with Crippen molar-refractivity contribution in [2.24, 2.45) is 0 Å². The SMILES string of the molecule is COc1ccc(NC(=O)Cc2csc(-c3ccccn3)n2)cc1OC(F)F. The van der Waals surface area contributed by atoms with E-state index in [1.165, 1.54) is 36.6 Å². The van der Waals surface area contributed by atoms with Crippen molar-refractivity contribution in [2.75, 3.05) is 12.4 Å². The maximum Gasteiger partial charge on any atom is 0.387 e. The van der Waals surface area contributed by atoms with E-state index in [9.17, 15) is 13.6 Å². The first kappa shape index (κ1) is 18.7. The molecule has 0 fully saturated rings. The second-order valence-electron chi connectivity index (χ2n) is 5.33. The molecule has 1 amide bonds. The van der Waals surface area contributed by atoms with Gasteiger partial charge in [0.1, 0.15) is 5.01 Å². The van der Waals surface area contributed by atoms with E-state index >= 15 is 0 Å². The highest BCUT2D eigenvalue weighted by Crippen LogP contribution is 2.31. The smallest absolute Gasteiger partial charge is 0.387 e. The van der Waals surface area contributed by atoms with E-state index in [1.807, 2.05) is 18.2 Å². The lowest BCUT2D eigenvalue weighted by Crippen LogP contribution is -2.15. The molecular weight excluding hydrogens is 376 g/mol. The Kier molecular flexibility index (Phi) is 5.92. The molecule has 0 radical (unpaired) electrons. The molecule has 0 atom stereocenters. The first-order chi connectivity index (χ1) is 13.0. The topological polar surface area (TPSA) is 73.3 Å². The Morgan fingerprint density at radius 2 is 2.11 bits per heavy atom. The van der Waals surface area contributed by atoms with Gasteiger partial charge in [0, 0.05) is 23.3 Å². The molecule has 0 aliphatic heterocycles. The number of benzene rings is 1. The van der Waals surface area contributed by atoms with Gasteiger partial charge >= 0.3 is 6.61 Å². The monoisotopic (exact) mass is 391 g/mol. The van der Waals surface area contributed by atoms with Gasteiger partial charge in [-0.1, -0.05) is 6.07 Å². The summed E-state index contributed by atoms with van der Waals surface area (Å²) in [6, 6.07) is 9.77. The van der Waals surface area contributed by atoms with Crippen molar-refractivity contribution in [1.82, 2.24) is 9.97 Å². The molecule has 0 spiro atoms. The van der Waals surface area contributed by atoms with Crippen LogP contribution in [0.4, 0.5) is 14.5 Å². The van der Waals surface area contributed by atoms with Gasteiger partial charge in [-0.3, -0.25) is 9.78 Å². The minimum Gasteiger partial charge on any atom is -0.493 e. The molecule has 3 rings (SSSR count). The van der Waals surface area contributed by atoms with Crippen LogP contribution in [0.25, 0.3) is 10.7 Å². The summed E-state index contributed by atoms with van der Waals surface area (Å²) in [5, 5.41) is 5.13. The number of alkyl halides is 2. The van der Waals surface area contributed by atoms with Gasteiger partial charge in [0.05, 0.1) is 24.9 Å². The normalized spacial score (nSPS) is 10.7. The third kappa shape index (κ3) is 4.98. The number of halogens is 2. The van der Waals surface area contributed by atoms with Crippen molar-refractivity contribution >= 4 is 22.9 Å². The fourth-order valence-corrected chi connectivity index (χ4v) is 3.10. The summed E-state index contributed by atoms with van der Waals surface area (Å²) in [6.07, 6.45) is 1.71. The molecule has 9 heteroatoms. The van der Waals surface area contributed by atoms with Gasteiger partial charge in [0.15, 0.2) is 11.5 Å². The van der Waals surface area contributed by atoms with Crippen molar-refractivity contribution in [1.29, 1.82) is 0 Å². The highest BCUT2D eigenvalue weighted by molar-refractivity contribution is 7.13. The van der Waals surface area contributed by atoms with Gasteiger partial charge in [-0.05, 0) is 24.3 Å². The zero-order valence-electron chi connectivity index (χ0n) is 14.2. The number of carbonyl (C=O) groups excluding carboxylic acids is 1. The van der Waals surface area contributed by atoms with Gasteiger partial charge in [-0.15, -0.1) is 11.3 Å². The first-order valence-corrected chi connectivity index (χ1v) is 8.71. The number of carbonyl (C=O) groups is 1. The molecule has 0 saturated heterocycles. The number of anilines is 1. The van der Waals surface area contributed by atoms with E-state index in [-0.39, 0.29) is 23.8 Å². The van der Waals surface area contributed by atoms with Crippen LogP contribution in [0.15, 0.2) is 48.0 Å². The third-order valence-corrected chi connectivity index (χ3v) is 4.35. The van der Waals surface area contributed by atoms with E-state index < -0.39 is 6.61 Å². The van der Waals surface area contributed by atoms with E-state index in [1.54, 1.807) is 11.6 Å². The zero-order valence-corrected chi connectivity index (χ0v) is 15.0. The number of nitrogens with one attached hydrogen (secondary N) is 1. The predicted octanol–water partition coefficient (Wildman–Crippen LogP) is 4.00. The van der Waals surface area contributed by atoms with Crippen LogP contribution >= 0.6 is 11.3 Å². The Hall–Kier alpha value is -3.07. The largest absolute Gasteiger partial charge is 0.493 e. The van der Waals surface area contributed by atoms with Crippen LogP contribution in [-0.2, 0) is 11.2 Å². The molecule has 3 aromatic rings. The van der Waals surface area contributed by atoms with Gasteiger partial charge in [0.2, 0.25) is 5.91 Å². The number of pyridine rings is 1. The van der Waals surface area contributed by atoms with Crippen LogP contribution in [-0.4, -0.2) is 29.6 Å². The summed E-state index contributed by atoms with van der Waals surface area (Å²) in [6.45, 7) is -3.00. The molecule has 0 aliphatic carbocycles. The van der Waals surface area contributed by atoms with Crippen molar-refractivity contribution in [3.8, 4) is 22.2 Å². The maximum atomic E-state index is 12.5. The summed E-state index contributed by atoms with van der Waals surface area (Å²) >= 11 is 1.39. The first-order valence-electron chi connectivity index (χ1n) is 7.83. The number of nitrogens with zero attached hydrogens (tertiary/aromatic N) is 2. The van der Waals surface area contributed by atoms with Crippen LogP contribution in [0.5, 0.6) is 11.5 Å². The van der Waals surface area contributed by atoms with Crippen molar-refractivity contribution in [3.63, 3.8) is 0 Å². The van der Waals surface area contributed by atoms with Crippen molar-refractivity contribution in [2.45, 2.75) is 13.0 Å². The molecular formula is C18H15F2N3O3S. The number of methoxy groups -OCH3 is 1. The van der Waals surface area contributed by atoms with E-state index in [0.29, 0.717) is 11.4 Å². The number of aromatic nitrogens is 2. The second kappa shape index (κ2) is 8.54. The van der Waals surface area contributed by atoms with Gasteiger partial charge in [-0.2, -0.15) is 8.78 Å². The lowest BCUT2D eigenvalue weighted by atomic mass is 10.2. The van der Waals surface area contributed by atoms with E-state index in [0.717, 1.165) is 10.7 Å². The van der Waals surface area contributed by atoms with Crippen LogP contribution < -0.4 is 14.8 Å². The quantitative estimate of drug-likeness (QED) is 0.659. The number of hydrogen-bond acceptors (Lipinski definition) is 6. The Morgan fingerprint density at radius 1 is 1.26 bits per heavy atom. The second-order valence-corrected chi connectivity index (χ2v) is 6.19. The Balaban J connectivity index is 1.67. The molecule has 1 N–H and O–H groups in total. The molecule has 6 nitrogen and oxygen atoms in total. The summed E-state index contributed by atoms with van der Waals surface area (Å²) in [5.41, 5.74) is 1.64. The molecule has 2 aromatic heterocycles. The van der Waals surface area contributed by atoms with Crippen LogP contribution in [0.3, 0.4) is 0 Å². The van der Waals surface area contributed by atoms with E-state index in [4.69, 9.17) is 4.74 Å². The van der Waals surface area contributed by atoms with E-state index in [2.05, 4.69) is 20.0 Å². The minimum atomic E-state index is -3.00. The lowest BCUT2D eigenvalue weighted by molar-refractivity contribution is -0.115. The summed E-state index contributed by atoms with van der Waals surface area (Å²) in [5.74, 6) is -0.342. The van der Waals surface area contributed by atoms with Gasteiger partial charge in [-0.25, -0.2) is 4.98 Å². The Bertz CT molecular complexity index is 919. The minimum absolute atomic E-state index is 0.0421. The summed E-state index contributed by atoms with van der Waals surface area (Å²) in [4.78, 5) is 20.9. The molecule has 0 aliphatic rings. The summed E-state index contributed by atoms with van der Waals surface area (Å²) < 4.78 is 34.3. The third-order valence-electron chi connectivity index (χ3n) is 3.44. The lowest BCUT2D eigenvalue weighted by Gasteiger charge is -2.12. The number of thiazole rings is 1. The number of amides is 1. The highest BCUT2D eigenvalue weighted by atomic mass is 32.1. The molecule has 140 valence electrons. The number of rotatable bonds is 7. The molecule has 0 bridgehead atoms. The Morgan fingerprint density at radius 3 is 2.81 bits per heavy atom. The highest BCUT2D eigenvalue weighted by Gasteiger charge is 2.14. The zero-order chi connectivity index (χ0) is 19.2. The van der Waals surface area contributed by atoms with Crippen LogP contribution in [0.2, 0.25) is 0 Å². The fourth-order valence-electron chi connectivity index (χ4n) is 2.31. The number of ether oxygens (including phenoxy) is 2. The molecule has 2 heterocycles. The van der Waals surface area contributed by atoms with Gasteiger partial charge < -0.3 is 14.8 Å². The average molecular weight is 391 g/mol. The molecule has 0 unspecified atom stereocenters. The molecule has 27 heavy (non-hydrogen) atoms. The summed E-state index contributed by atoms with van der Waals surface area (Å²) in [7, 11) is 1.34. The average Bonchev–Trinajstić information content (AvgIpc) is 3.10.